The number of benzene rings is 1. The Bertz CT molecular complexity index is 578. The van der Waals surface area contributed by atoms with E-state index in [4.69, 9.17) is 5.11 Å². The van der Waals surface area contributed by atoms with Crippen LogP contribution in [0.5, 0.6) is 0 Å². The first-order valence-corrected chi connectivity index (χ1v) is 7.87. The Morgan fingerprint density at radius 2 is 1.82 bits per heavy atom. The third-order valence-corrected chi connectivity index (χ3v) is 4.19. The van der Waals surface area contributed by atoms with Crippen LogP contribution in [0.1, 0.15) is 18.9 Å². The first kappa shape index (κ1) is 20.8. The van der Waals surface area contributed by atoms with Crippen molar-refractivity contribution < 1.29 is 27.1 Å². The number of aliphatic carboxylic acids is 1. The molecule has 0 spiro atoms. The van der Waals surface area contributed by atoms with Gasteiger partial charge in [0.1, 0.15) is 0 Å². The van der Waals surface area contributed by atoms with Crippen molar-refractivity contribution >= 4 is 28.2 Å². The lowest BCUT2D eigenvalue weighted by Gasteiger charge is -2.19. The standard InChI is InChI=1S/C13H17F2NO4S.ClH/c1-2-7-16(9-12(17)18)8-10-3-5-11(6-4-10)21(19,20)13(14)15;/h3-6,13H,2,7-9H2,1H3,(H,17,18);1H. The second-order valence-corrected chi connectivity index (χ2v) is 6.47. The van der Waals surface area contributed by atoms with Gasteiger partial charge in [-0.3, -0.25) is 9.69 Å². The van der Waals surface area contributed by atoms with Crippen molar-refractivity contribution in [2.24, 2.45) is 0 Å². The monoisotopic (exact) mass is 357 g/mol. The van der Waals surface area contributed by atoms with Gasteiger partial charge in [-0.05, 0) is 30.7 Å². The Labute approximate surface area is 134 Å². The Morgan fingerprint density at radius 3 is 2.23 bits per heavy atom. The molecule has 126 valence electrons. The normalized spacial score (nSPS) is 11.5. The lowest BCUT2D eigenvalue weighted by atomic mass is 10.2. The highest BCUT2D eigenvalue weighted by Gasteiger charge is 2.26. The zero-order valence-corrected chi connectivity index (χ0v) is 13.5. The summed E-state index contributed by atoms with van der Waals surface area (Å²) in [4.78, 5) is 12.0. The fraction of sp³-hybridized carbons (Fsp3) is 0.462. The molecule has 0 aromatic heterocycles. The maximum Gasteiger partial charge on any atom is 0.341 e. The van der Waals surface area contributed by atoms with Crippen LogP contribution < -0.4 is 0 Å². The van der Waals surface area contributed by atoms with Crippen molar-refractivity contribution in [3.05, 3.63) is 29.8 Å². The Morgan fingerprint density at radius 1 is 1.27 bits per heavy atom. The second-order valence-electron chi connectivity index (χ2n) is 4.55. The van der Waals surface area contributed by atoms with Gasteiger partial charge >= 0.3 is 11.7 Å². The van der Waals surface area contributed by atoms with Crippen LogP contribution in [0, 0.1) is 0 Å². The van der Waals surface area contributed by atoms with Crippen molar-refractivity contribution in [1.82, 2.24) is 4.90 Å². The molecule has 0 unspecified atom stereocenters. The number of halogens is 3. The SMILES string of the molecule is CCCN(CC(=O)O)Cc1ccc(S(=O)(=O)C(F)F)cc1.Cl. The van der Waals surface area contributed by atoms with E-state index >= 15 is 0 Å². The van der Waals surface area contributed by atoms with Crippen LogP contribution in [-0.4, -0.2) is 43.2 Å². The fourth-order valence-corrected chi connectivity index (χ4v) is 2.59. The number of carboxylic acid groups (broad SMARTS) is 1. The number of carbonyl (C=O) groups is 1. The Hall–Kier alpha value is -1.25. The van der Waals surface area contributed by atoms with Gasteiger partial charge in [-0.25, -0.2) is 8.42 Å². The van der Waals surface area contributed by atoms with Crippen LogP contribution in [0.15, 0.2) is 29.2 Å². The number of rotatable bonds is 8. The van der Waals surface area contributed by atoms with Crippen LogP contribution in [-0.2, 0) is 21.2 Å². The molecule has 0 aliphatic rings. The van der Waals surface area contributed by atoms with Crippen molar-refractivity contribution in [3.8, 4) is 0 Å². The van der Waals surface area contributed by atoms with Gasteiger partial charge in [0.15, 0.2) is 0 Å². The average Bonchev–Trinajstić information content (AvgIpc) is 2.38. The predicted octanol–water partition coefficient (Wildman–Crippen LogP) is 2.40. The van der Waals surface area contributed by atoms with Crippen LogP contribution in [0.3, 0.4) is 0 Å². The van der Waals surface area contributed by atoms with Crippen LogP contribution >= 0.6 is 12.4 Å². The largest absolute Gasteiger partial charge is 0.480 e. The minimum absolute atomic E-state index is 0. The molecular formula is C13H18ClF2NO4S. The summed E-state index contributed by atoms with van der Waals surface area (Å²) in [5.41, 5.74) is 0.665. The molecule has 0 atom stereocenters. The lowest BCUT2D eigenvalue weighted by Crippen LogP contribution is -2.30. The van der Waals surface area contributed by atoms with E-state index in [1.165, 1.54) is 12.1 Å². The molecule has 5 nitrogen and oxygen atoms in total. The highest BCUT2D eigenvalue weighted by molar-refractivity contribution is 7.91. The third-order valence-electron chi connectivity index (χ3n) is 2.79. The molecule has 9 heteroatoms. The molecule has 1 aromatic rings. The molecule has 22 heavy (non-hydrogen) atoms. The van der Waals surface area contributed by atoms with Crippen LogP contribution in [0.2, 0.25) is 0 Å². The highest BCUT2D eigenvalue weighted by Crippen LogP contribution is 2.19. The van der Waals surface area contributed by atoms with E-state index in [1.807, 2.05) is 6.92 Å². The van der Waals surface area contributed by atoms with Gasteiger partial charge in [0.25, 0.3) is 0 Å². The van der Waals surface area contributed by atoms with Gasteiger partial charge in [0.05, 0.1) is 11.4 Å². The van der Waals surface area contributed by atoms with Gasteiger partial charge in [-0.1, -0.05) is 19.1 Å². The summed E-state index contributed by atoms with van der Waals surface area (Å²) in [5, 5.41) is 8.80. The first-order chi connectivity index (χ1) is 9.77. The number of hydrogen-bond donors (Lipinski definition) is 1. The van der Waals surface area contributed by atoms with E-state index in [-0.39, 0.29) is 19.0 Å². The van der Waals surface area contributed by atoms with E-state index in [1.54, 1.807) is 4.90 Å². The highest BCUT2D eigenvalue weighted by atomic mass is 35.5. The van der Waals surface area contributed by atoms with Crippen molar-refractivity contribution in [3.63, 3.8) is 0 Å². The molecule has 1 aromatic carbocycles. The van der Waals surface area contributed by atoms with Crippen molar-refractivity contribution in [2.45, 2.75) is 30.5 Å². The number of carboxylic acids is 1. The van der Waals surface area contributed by atoms with Crippen LogP contribution in [0.25, 0.3) is 0 Å². The second kappa shape index (κ2) is 9.02. The molecule has 0 amide bonds. The smallest absolute Gasteiger partial charge is 0.341 e. The van der Waals surface area contributed by atoms with Gasteiger partial charge in [0.2, 0.25) is 9.84 Å². The fourth-order valence-electron chi connectivity index (χ4n) is 1.87. The third kappa shape index (κ3) is 5.86. The van der Waals surface area contributed by atoms with Crippen molar-refractivity contribution in [2.75, 3.05) is 13.1 Å². The molecule has 0 radical (unpaired) electrons. The Balaban J connectivity index is 0.00000441. The first-order valence-electron chi connectivity index (χ1n) is 6.32. The zero-order valence-electron chi connectivity index (χ0n) is 11.9. The van der Waals surface area contributed by atoms with E-state index < -0.39 is 26.5 Å². The van der Waals surface area contributed by atoms with Gasteiger partial charge in [0, 0.05) is 6.54 Å². The molecule has 0 saturated carbocycles. The minimum atomic E-state index is -4.59. The lowest BCUT2D eigenvalue weighted by molar-refractivity contribution is -0.138. The number of sulfone groups is 1. The number of alkyl halides is 2. The average molecular weight is 358 g/mol. The maximum absolute atomic E-state index is 12.4. The van der Waals surface area contributed by atoms with Crippen LogP contribution in [0.4, 0.5) is 8.78 Å². The number of hydrogen-bond acceptors (Lipinski definition) is 4. The summed E-state index contributed by atoms with van der Waals surface area (Å²) in [6.45, 7) is 2.66. The summed E-state index contributed by atoms with van der Waals surface area (Å²) in [6.07, 6.45) is 0.769. The summed E-state index contributed by atoms with van der Waals surface area (Å²) in [5.74, 6) is -4.41. The molecule has 1 N–H and O–H groups in total. The molecule has 0 saturated heterocycles. The summed E-state index contributed by atoms with van der Waals surface area (Å²) >= 11 is 0. The quantitative estimate of drug-likeness (QED) is 0.773. The van der Waals surface area contributed by atoms with Gasteiger partial charge in [-0.2, -0.15) is 8.78 Å². The topological polar surface area (TPSA) is 74.7 Å². The molecular weight excluding hydrogens is 340 g/mol. The summed E-state index contributed by atoms with van der Waals surface area (Å²) in [6, 6.07) is 5.06. The molecule has 0 bridgehead atoms. The Kier molecular flexibility index (Phi) is 8.50. The zero-order chi connectivity index (χ0) is 16.0. The summed E-state index contributed by atoms with van der Waals surface area (Å²) in [7, 11) is -4.59. The molecule has 0 fully saturated rings. The van der Waals surface area contributed by atoms with E-state index in [9.17, 15) is 22.0 Å². The van der Waals surface area contributed by atoms with Gasteiger partial charge < -0.3 is 5.11 Å². The molecule has 1 rings (SSSR count). The van der Waals surface area contributed by atoms with Crippen molar-refractivity contribution in [1.29, 1.82) is 0 Å². The number of nitrogens with zero attached hydrogens (tertiary/aromatic N) is 1. The minimum Gasteiger partial charge on any atom is -0.480 e. The predicted molar refractivity (Wildman–Crippen MR) is 80.1 cm³/mol. The molecule has 0 aliphatic carbocycles. The molecule has 0 aliphatic heterocycles. The van der Waals surface area contributed by atoms with E-state index in [0.717, 1.165) is 18.6 Å². The van der Waals surface area contributed by atoms with E-state index in [0.29, 0.717) is 18.7 Å². The molecule has 0 heterocycles. The maximum atomic E-state index is 12.4. The summed E-state index contributed by atoms with van der Waals surface area (Å²) < 4.78 is 47.3. The van der Waals surface area contributed by atoms with Gasteiger partial charge in [-0.15, -0.1) is 12.4 Å². The van der Waals surface area contributed by atoms with E-state index in [2.05, 4.69) is 0 Å².